The number of unbranched alkanes of at least 4 members (excludes halogenated alkanes) is 2. The van der Waals surface area contributed by atoms with Crippen molar-refractivity contribution < 1.29 is 0 Å². The molecule has 0 aromatic heterocycles. The Morgan fingerprint density at radius 1 is 0.577 bits per heavy atom. The molecule has 26 heavy (non-hydrogen) atoms. The van der Waals surface area contributed by atoms with Crippen LogP contribution in [0.25, 0.3) is 0 Å². The van der Waals surface area contributed by atoms with Crippen molar-refractivity contribution in [3.05, 3.63) is 0 Å². The summed E-state index contributed by atoms with van der Waals surface area (Å²) >= 11 is 0. The summed E-state index contributed by atoms with van der Waals surface area (Å²) in [5.74, 6) is 0. The van der Waals surface area contributed by atoms with Crippen LogP contribution in [0, 0.1) is 10.8 Å². The van der Waals surface area contributed by atoms with Gasteiger partial charge in [-0.05, 0) is 56.0 Å². The zero-order valence-corrected chi connectivity index (χ0v) is 19.2. The second-order valence-electron chi connectivity index (χ2n) is 10.1. The number of hydrogen-bond acceptors (Lipinski definition) is 2. The molecule has 0 amide bonds. The van der Waals surface area contributed by atoms with E-state index in [0.29, 0.717) is 10.8 Å². The van der Waals surface area contributed by atoms with Crippen molar-refractivity contribution in [2.45, 2.75) is 106 Å². The molecule has 1 unspecified atom stereocenters. The summed E-state index contributed by atoms with van der Waals surface area (Å²) in [6.07, 6.45) is 13.8. The SMILES string of the molecule is CCCCC(C)(C)CCN1CCN(CCC(C)(CCC)CCCC)CC1. The Bertz CT molecular complexity index is 344. The molecular formula is C24H50N2. The van der Waals surface area contributed by atoms with Gasteiger partial charge in [-0.1, -0.05) is 73.6 Å². The molecule has 0 radical (unpaired) electrons. The van der Waals surface area contributed by atoms with E-state index >= 15 is 0 Å². The molecule has 2 heteroatoms. The zero-order valence-electron chi connectivity index (χ0n) is 19.2. The molecule has 1 heterocycles. The zero-order chi connectivity index (χ0) is 19.5. The van der Waals surface area contributed by atoms with E-state index in [2.05, 4.69) is 51.3 Å². The van der Waals surface area contributed by atoms with Gasteiger partial charge in [-0.3, -0.25) is 0 Å². The van der Waals surface area contributed by atoms with Crippen molar-refractivity contribution >= 4 is 0 Å². The van der Waals surface area contributed by atoms with Crippen LogP contribution < -0.4 is 0 Å². The van der Waals surface area contributed by atoms with Gasteiger partial charge < -0.3 is 9.80 Å². The Morgan fingerprint density at radius 3 is 1.58 bits per heavy atom. The van der Waals surface area contributed by atoms with Gasteiger partial charge in [0.2, 0.25) is 0 Å². The van der Waals surface area contributed by atoms with Crippen molar-refractivity contribution in [2.24, 2.45) is 10.8 Å². The smallest absolute Gasteiger partial charge is 0.0110 e. The van der Waals surface area contributed by atoms with Crippen LogP contribution in [0.1, 0.15) is 106 Å². The largest absolute Gasteiger partial charge is 0.301 e. The van der Waals surface area contributed by atoms with Gasteiger partial charge in [-0.15, -0.1) is 0 Å². The molecular weight excluding hydrogens is 316 g/mol. The Balaban J connectivity index is 2.28. The van der Waals surface area contributed by atoms with Crippen LogP contribution in [0.5, 0.6) is 0 Å². The number of hydrogen-bond donors (Lipinski definition) is 0. The van der Waals surface area contributed by atoms with Crippen LogP contribution >= 0.6 is 0 Å². The lowest BCUT2D eigenvalue weighted by atomic mass is 9.78. The van der Waals surface area contributed by atoms with Gasteiger partial charge >= 0.3 is 0 Å². The quantitative estimate of drug-likeness (QED) is 0.342. The average Bonchev–Trinajstić information content (AvgIpc) is 2.63. The summed E-state index contributed by atoms with van der Waals surface area (Å²) in [6, 6.07) is 0. The summed E-state index contributed by atoms with van der Waals surface area (Å²) in [5, 5.41) is 0. The lowest BCUT2D eigenvalue weighted by Crippen LogP contribution is -2.47. The molecule has 2 nitrogen and oxygen atoms in total. The van der Waals surface area contributed by atoms with E-state index in [1.54, 1.807) is 0 Å². The number of piperazine rings is 1. The molecule has 1 aliphatic rings. The molecule has 1 atom stereocenters. The second-order valence-corrected chi connectivity index (χ2v) is 10.1. The lowest BCUT2D eigenvalue weighted by Gasteiger charge is -2.38. The fraction of sp³-hybridized carbons (Fsp3) is 1.00. The maximum atomic E-state index is 2.73. The molecule has 156 valence electrons. The first-order valence-corrected chi connectivity index (χ1v) is 11.8. The monoisotopic (exact) mass is 366 g/mol. The Hall–Kier alpha value is -0.0800. The van der Waals surface area contributed by atoms with Gasteiger partial charge in [-0.2, -0.15) is 0 Å². The first kappa shape index (κ1) is 24.0. The third-order valence-electron chi connectivity index (χ3n) is 6.80. The van der Waals surface area contributed by atoms with Gasteiger partial charge in [0.1, 0.15) is 0 Å². The molecule has 0 aliphatic carbocycles. The minimum absolute atomic E-state index is 0.522. The van der Waals surface area contributed by atoms with Gasteiger partial charge in [0, 0.05) is 26.2 Å². The van der Waals surface area contributed by atoms with Crippen LogP contribution in [0.4, 0.5) is 0 Å². The topological polar surface area (TPSA) is 6.48 Å². The summed E-state index contributed by atoms with van der Waals surface area (Å²) < 4.78 is 0. The van der Waals surface area contributed by atoms with Gasteiger partial charge in [-0.25, -0.2) is 0 Å². The summed E-state index contributed by atoms with van der Waals surface area (Å²) in [7, 11) is 0. The highest BCUT2D eigenvalue weighted by molar-refractivity contribution is 4.79. The van der Waals surface area contributed by atoms with E-state index in [1.165, 1.54) is 103 Å². The molecule has 1 aliphatic heterocycles. The first-order chi connectivity index (χ1) is 12.3. The van der Waals surface area contributed by atoms with Crippen molar-refractivity contribution in [3.63, 3.8) is 0 Å². The maximum absolute atomic E-state index is 2.73. The van der Waals surface area contributed by atoms with Crippen molar-refractivity contribution in [1.82, 2.24) is 9.80 Å². The minimum Gasteiger partial charge on any atom is -0.301 e. The molecule has 0 saturated carbocycles. The van der Waals surface area contributed by atoms with E-state index in [4.69, 9.17) is 0 Å². The Morgan fingerprint density at radius 2 is 1.08 bits per heavy atom. The highest BCUT2D eigenvalue weighted by Crippen LogP contribution is 2.34. The van der Waals surface area contributed by atoms with Crippen LogP contribution in [-0.4, -0.2) is 49.1 Å². The van der Waals surface area contributed by atoms with Crippen molar-refractivity contribution in [1.29, 1.82) is 0 Å². The van der Waals surface area contributed by atoms with Crippen LogP contribution in [0.3, 0.4) is 0 Å². The number of rotatable bonds is 14. The molecule has 1 rings (SSSR count). The molecule has 0 spiro atoms. The number of nitrogens with zero attached hydrogens (tertiary/aromatic N) is 2. The fourth-order valence-corrected chi connectivity index (χ4v) is 4.49. The van der Waals surface area contributed by atoms with E-state index < -0.39 is 0 Å². The lowest BCUT2D eigenvalue weighted by molar-refractivity contribution is 0.100. The summed E-state index contributed by atoms with van der Waals surface area (Å²) in [6.45, 7) is 22.2. The third kappa shape index (κ3) is 9.74. The molecule has 0 N–H and O–H groups in total. The third-order valence-corrected chi connectivity index (χ3v) is 6.80. The normalized spacial score (nSPS) is 19.6. The van der Waals surface area contributed by atoms with E-state index in [9.17, 15) is 0 Å². The highest BCUT2D eigenvalue weighted by atomic mass is 15.3. The Kier molecular flexibility index (Phi) is 11.4. The van der Waals surface area contributed by atoms with Crippen LogP contribution in [-0.2, 0) is 0 Å². The van der Waals surface area contributed by atoms with Gasteiger partial charge in [0.25, 0.3) is 0 Å². The van der Waals surface area contributed by atoms with E-state index in [-0.39, 0.29) is 0 Å². The molecule has 1 fully saturated rings. The van der Waals surface area contributed by atoms with E-state index in [1.807, 2.05) is 0 Å². The Labute approximate surface area is 166 Å². The van der Waals surface area contributed by atoms with Gasteiger partial charge in [0.05, 0.1) is 0 Å². The molecule has 0 bridgehead atoms. The minimum atomic E-state index is 0.522. The molecule has 0 aromatic rings. The first-order valence-electron chi connectivity index (χ1n) is 11.8. The van der Waals surface area contributed by atoms with Crippen molar-refractivity contribution in [2.75, 3.05) is 39.3 Å². The second kappa shape index (κ2) is 12.4. The molecule has 0 aromatic carbocycles. The standard InChI is InChI=1S/C24H50N2/c1-7-10-13-23(4,5)15-17-25-19-21-26(22-20-25)18-16-24(6,12-9-3)14-11-8-2/h7-22H2,1-6H3. The maximum Gasteiger partial charge on any atom is 0.0110 e. The van der Waals surface area contributed by atoms with Crippen molar-refractivity contribution in [3.8, 4) is 0 Å². The average molecular weight is 367 g/mol. The fourth-order valence-electron chi connectivity index (χ4n) is 4.49. The van der Waals surface area contributed by atoms with Crippen LogP contribution in [0.2, 0.25) is 0 Å². The predicted molar refractivity (Wildman–Crippen MR) is 118 cm³/mol. The molecule has 1 saturated heterocycles. The predicted octanol–water partition coefficient (Wildman–Crippen LogP) is 6.60. The highest BCUT2D eigenvalue weighted by Gasteiger charge is 2.25. The van der Waals surface area contributed by atoms with E-state index in [0.717, 1.165) is 0 Å². The summed E-state index contributed by atoms with van der Waals surface area (Å²) in [5.41, 5.74) is 1.10. The van der Waals surface area contributed by atoms with Gasteiger partial charge in [0.15, 0.2) is 0 Å². The summed E-state index contributed by atoms with van der Waals surface area (Å²) in [4.78, 5) is 5.45. The van der Waals surface area contributed by atoms with Crippen LogP contribution in [0.15, 0.2) is 0 Å².